The highest BCUT2D eigenvalue weighted by Crippen LogP contribution is 2.34. The Kier molecular flexibility index (Phi) is 2.07. The monoisotopic (exact) mass is 194 g/mol. The van der Waals surface area contributed by atoms with Crippen LogP contribution >= 0.6 is 0 Å². The van der Waals surface area contributed by atoms with Gasteiger partial charge in [0.25, 0.3) is 0 Å². The molecule has 0 aromatic carbocycles. The van der Waals surface area contributed by atoms with Crippen molar-refractivity contribution in [3.05, 3.63) is 17.2 Å². The predicted octanol–water partition coefficient (Wildman–Crippen LogP) is 1.19. The van der Waals surface area contributed by atoms with Gasteiger partial charge in [-0.15, -0.1) is 0 Å². The SMILES string of the molecule is O=Cc1[nH]c(C2CCC2)nc1C(=O)O. The van der Waals surface area contributed by atoms with Gasteiger partial charge in [0.15, 0.2) is 12.0 Å². The van der Waals surface area contributed by atoms with E-state index < -0.39 is 5.97 Å². The molecule has 1 aromatic heterocycles. The summed E-state index contributed by atoms with van der Waals surface area (Å²) in [5, 5.41) is 8.74. The number of rotatable bonds is 3. The average molecular weight is 194 g/mol. The highest BCUT2D eigenvalue weighted by Gasteiger charge is 2.25. The lowest BCUT2D eigenvalue weighted by atomic mass is 9.85. The second kappa shape index (κ2) is 3.25. The normalized spacial score (nSPS) is 16.3. The third-order valence-electron chi connectivity index (χ3n) is 2.56. The molecule has 2 rings (SSSR count). The number of aromatic amines is 1. The molecule has 1 fully saturated rings. The molecule has 0 aliphatic heterocycles. The van der Waals surface area contributed by atoms with Crippen LogP contribution < -0.4 is 0 Å². The number of carboxylic acids is 1. The molecule has 74 valence electrons. The largest absolute Gasteiger partial charge is 0.476 e. The van der Waals surface area contributed by atoms with Crippen LogP contribution in [0.25, 0.3) is 0 Å². The van der Waals surface area contributed by atoms with Crippen molar-refractivity contribution in [2.24, 2.45) is 0 Å². The lowest BCUT2D eigenvalue weighted by molar-refractivity contribution is 0.0688. The second-order valence-corrected chi connectivity index (χ2v) is 3.44. The van der Waals surface area contributed by atoms with Crippen molar-refractivity contribution in [1.29, 1.82) is 0 Å². The van der Waals surface area contributed by atoms with Crippen molar-refractivity contribution in [2.75, 3.05) is 0 Å². The van der Waals surface area contributed by atoms with Crippen molar-refractivity contribution >= 4 is 12.3 Å². The lowest BCUT2D eigenvalue weighted by Gasteiger charge is -2.22. The Bertz CT molecular complexity index is 379. The number of aromatic carboxylic acids is 1. The van der Waals surface area contributed by atoms with E-state index in [1.54, 1.807) is 0 Å². The maximum atomic E-state index is 10.7. The fourth-order valence-corrected chi connectivity index (χ4v) is 1.53. The Morgan fingerprint density at radius 2 is 2.29 bits per heavy atom. The van der Waals surface area contributed by atoms with Crippen LogP contribution in [0, 0.1) is 0 Å². The first kappa shape index (κ1) is 8.93. The molecule has 1 aliphatic rings. The molecule has 1 aromatic rings. The summed E-state index contributed by atoms with van der Waals surface area (Å²) in [6, 6.07) is 0. The number of hydrogen-bond donors (Lipinski definition) is 2. The van der Waals surface area contributed by atoms with E-state index in [4.69, 9.17) is 5.11 Å². The van der Waals surface area contributed by atoms with E-state index in [1.807, 2.05) is 0 Å². The van der Waals surface area contributed by atoms with Crippen LogP contribution in [-0.2, 0) is 0 Å². The Balaban J connectivity index is 2.34. The van der Waals surface area contributed by atoms with Crippen molar-refractivity contribution in [2.45, 2.75) is 25.2 Å². The van der Waals surface area contributed by atoms with Crippen LogP contribution in [0.5, 0.6) is 0 Å². The number of carbonyl (C=O) groups is 2. The summed E-state index contributed by atoms with van der Waals surface area (Å²) in [4.78, 5) is 27.9. The van der Waals surface area contributed by atoms with E-state index in [-0.39, 0.29) is 11.4 Å². The van der Waals surface area contributed by atoms with Crippen LogP contribution in [0.4, 0.5) is 0 Å². The number of H-pyrrole nitrogens is 1. The molecule has 14 heavy (non-hydrogen) atoms. The Morgan fingerprint density at radius 1 is 1.57 bits per heavy atom. The molecule has 0 spiro atoms. The number of aromatic nitrogens is 2. The number of imidazole rings is 1. The summed E-state index contributed by atoms with van der Waals surface area (Å²) in [6.45, 7) is 0. The molecule has 0 atom stereocenters. The number of hydrogen-bond acceptors (Lipinski definition) is 3. The summed E-state index contributed by atoms with van der Waals surface area (Å²) in [5.74, 6) is -0.216. The van der Waals surface area contributed by atoms with E-state index in [0.717, 1.165) is 19.3 Å². The number of nitrogens with zero attached hydrogens (tertiary/aromatic N) is 1. The molecular weight excluding hydrogens is 184 g/mol. The van der Waals surface area contributed by atoms with Gasteiger partial charge in [-0.1, -0.05) is 6.42 Å². The zero-order chi connectivity index (χ0) is 10.1. The Labute approximate surface area is 80.2 Å². The zero-order valence-corrected chi connectivity index (χ0v) is 7.49. The quantitative estimate of drug-likeness (QED) is 0.708. The fraction of sp³-hybridized carbons (Fsp3) is 0.444. The van der Waals surface area contributed by atoms with Crippen molar-refractivity contribution in [3.63, 3.8) is 0 Å². The molecular formula is C9H10N2O3. The minimum Gasteiger partial charge on any atom is -0.476 e. The maximum Gasteiger partial charge on any atom is 0.356 e. The van der Waals surface area contributed by atoms with Crippen LogP contribution in [0.15, 0.2) is 0 Å². The van der Waals surface area contributed by atoms with Crippen LogP contribution in [0.1, 0.15) is 52.0 Å². The van der Waals surface area contributed by atoms with Gasteiger partial charge in [0.1, 0.15) is 11.5 Å². The van der Waals surface area contributed by atoms with E-state index in [9.17, 15) is 9.59 Å². The fourth-order valence-electron chi connectivity index (χ4n) is 1.53. The standard InChI is InChI=1S/C9H10N2O3/c12-4-6-7(9(13)14)11-8(10-6)5-2-1-3-5/h4-5H,1-3H2,(H,10,11)(H,13,14). The molecule has 0 radical (unpaired) electrons. The Morgan fingerprint density at radius 3 is 2.64 bits per heavy atom. The lowest BCUT2D eigenvalue weighted by Crippen LogP contribution is -2.10. The van der Waals surface area contributed by atoms with Gasteiger partial charge >= 0.3 is 5.97 Å². The van der Waals surface area contributed by atoms with Gasteiger partial charge in [-0.25, -0.2) is 9.78 Å². The van der Waals surface area contributed by atoms with Gasteiger partial charge < -0.3 is 10.1 Å². The molecule has 0 amide bonds. The summed E-state index contributed by atoms with van der Waals surface area (Å²) in [5.41, 5.74) is -0.0960. The summed E-state index contributed by atoms with van der Waals surface area (Å²) in [7, 11) is 0. The third kappa shape index (κ3) is 1.30. The second-order valence-electron chi connectivity index (χ2n) is 3.44. The Hall–Kier alpha value is -1.65. The first-order chi connectivity index (χ1) is 6.72. The molecule has 5 heteroatoms. The summed E-state index contributed by atoms with van der Waals surface area (Å²) >= 11 is 0. The van der Waals surface area contributed by atoms with E-state index in [2.05, 4.69) is 9.97 Å². The number of nitrogens with one attached hydrogen (secondary N) is 1. The van der Waals surface area contributed by atoms with Gasteiger partial charge in [0, 0.05) is 5.92 Å². The minimum absolute atomic E-state index is 0.0689. The smallest absolute Gasteiger partial charge is 0.356 e. The predicted molar refractivity (Wildman–Crippen MR) is 47.5 cm³/mol. The molecule has 5 nitrogen and oxygen atoms in total. The van der Waals surface area contributed by atoms with E-state index >= 15 is 0 Å². The molecule has 1 saturated carbocycles. The zero-order valence-electron chi connectivity index (χ0n) is 7.49. The van der Waals surface area contributed by atoms with Crippen LogP contribution in [0.3, 0.4) is 0 Å². The first-order valence-corrected chi connectivity index (χ1v) is 4.50. The van der Waals surface area contributed by atoms with Gasteiger partial charge in [-0.3, -0.25) is 4.79 Å². The summed E-state index contributed by atoms with van der Waals surface area (Å²) in [6.07, 6.45) is 3.68. The van der Waals surface area contributed by atoms with Crippen LogP contribution in [0.2, 0.25) is 0 Å². The number of carbonyl (C=O) groups excluding carboxylic acids is 1. The third-order valence-corrected chi connectivity index (χ3v) is 2.56. The average Bonchev–Trinajstić information content (AvgIpc) is 2.45. The van der Waals surface area contributed by atoms with E-state index in [1.165, 1.54) is 0 Å². The molecule has 1 heterocycles. The number of carboxylic acid groups (broad SMARTS) is 1. The molecule has 0 bridgehead atoms. The van der Waals surface area contributed by atoms with E-state index in [0.29, 0.717) is 18.0 Å². The van der Waals surface area contributed by atoms with Crippen LogP contribution in [-0.4, -0.2) is 27.3 Å². The molecule has 1 aliphatic carbocycles. The highest BCUT2D eigenvalue weighted by atomic mass is 16.4. The van der Waals surface area contributed by atoms with Gasteiger partial charge in [0.2, 0.25) is 0 Å². The molecule has 2 N–H and O–H groups in total. The maximum absolute atomic E-state index is 10.7. The molecule has 0 unspecified atom stereocenters. The number of aldehydes is 1. The highest BCUT2D eigenvalue weighted by molar-refractivity contribution is 5.94. The van der Waals surface area contributed by atoms with Crippen molar-refractivity contribution in [3.8, 4) is 0 Å². The first-order valence-electron chi connectivity index (χ1n) is 4.50. The van der Waals surface area contributed by atoms with Gasteiger partial charge in [-0.2, -0.15) is 0 Å². The van der Waals surface area contributed by atoms with Crippen molar-refractivity contribution in [1.82, 2.24) is 9.97 Å². The van der Waals surface area contributed by atoms with Gasteiger partial charge in [-0.05, 0) is 12.8 Å². The minimum atomic E-state index is -1.16. The van der Waals surface area contributed by atoms with Gasteiger partial charge in [0.05, 0.1) is 0 Å². The van der Waals surface area contributed by atoms with Crippen molar-refractivity contribution < 1.29 is 14.7 Å². The topological polar surface area (TPSA) is 83.0 Å². The molecule has 0 saturated heterocycles. The summed E-state index contributed by atoms with van der Waals surface area (Å²) < 4.78 is 0.